The van der Waals surface area contributed by atoms with Gasteiger partial charge in [-0.1, -0.05) is 24.8 Å². The van der Waals surface area contributed by atoms with E-state index in [0.717, 1.165) is 18.7 Å². The standard InChI is InChI=1S/C30H40N8O3/c1-6-17-32-28-24(21-34-30(36-28)35-25-15-13-23(20-31)14-16-25)11-8-7-9-18-33-29(41)27(22(2)39)38(5)26(40)12-10-19-37(3)4/h10,12-16,21-22,27,39H,6-7,9,17-19H2,1-5H3,(H,33,41)(H2,32,34,35,36)/b12-10+/t22-,27+/m1/s1. The van der Waals surface area contributed by atoms with E-state index in [-0.39, 0.29) is 5.91 Å². The zero-order valence-electron chi connectivity index (χ0n) is 24.4. The number of hydrogen-bond acceptors (Lipinski definition) is 9. The summed E-state index contributed by atoms with van der Waals surface area (Å²) < 4.78 is 0. The molecule has 0 fully saturated rings. The second kappa shape index (κ2) is 17.3. The third-order valence-corrected chi connectivity index (χ3v) is 5.82. The van der Waals surface area contributed by atoms with Crippen LogP contribution in [0.5, 0.6) is 0 Å². The first kappa shape index (κ1) is 32.8. The van der Waals surface area contributed by atoms with Gasteiger partial charge in [0.05, 0.1) is 29.5 Å². The monoisotopic (exact) mass is 560 g/mol. The summed E-state index contributed by atoms with van der Waals surface area (Å²) in [6.07, 6.45) is 5.75. The van der Waals surface area contributed by atoms with Crippen molar-refractivity contribution in [2.45, 2.75) is 45.3 Å². The summed E-state index contributed by atoms with van der Waals surface area (Å²) in [4.78, 5) is 37.2. The number of aliphatic hydroxyl groups is 1. The number of nitrogens with one attached hydrogen (secondary N) is 3. The summed E-state index contributed by atoms with van der Waals surface area (Å²) in [7, 11) is 5.28. The van der Waals surface area contributed by atoms with Crippen molar-refractivity contribution in [3.63, 3.8) is 0 Å². The molecule has 0 aliphatic heterocycles. The Kier molecular flexibility index (Phi) is 13.8. The molecule has 1 aromatic heterocycles. The zero-order valence-corrected chi connectivity index (χ0v) is 24.4. The van der Waals surface area contributed by atoms with Crippen LogP contribution in [0.2, 0.25) is 0 Å². The Labute approximate surface area is 242 Å². The lowest BCUT2D eigenvalue weighted by Gasteiger charge is -2.28. The number of anilines is 3. The van der Waals surface area contributed by atoms with Crippen LogP contribution in [0, 0.1) is 23.2 Å². The molecule has 0 aliphatic rings. The van der Waals surface area contributed by atoms with Crippen molar-refractivity contribution in [2.75, 3.05) is 51.4 Å². The largest absolute Gasteiger partial charge is 0.391 e. The van der Waals surface area contributed by atoms with Crippen LogP contribution in [0.4, 0.5) is 17.5 Å². The number of hydrogen-bond donors (Lipinski definition) is 4. The Morgan fingerprint density at radius 2 is 1.90 bits per heavy atom. The number of amides is 2. The summed E-state index contributed by atoms with van der Waals surface area (Å²) >= 11 is 0. The topological polar surface area (TPSA) is 147 Å². The Morgan fingerprint density at radius 3 is 2.54 bits per heavy atom. The normalized spacial score (nSPS) is 12.1. The van der Waals surface area contributed by atoms with Crippen LogP contribution in [-0.4, -0.2) is 89.6 Å². The fourth-order valence-corrected chi connectivity index (χ4v) is 3.66. The first-order chi connectivity index (χ1) is 19.7. The summed E-state index contributed by atoms with van der Waals surface area (Å²) in [6, 6.07) is 8.10. The molecule has 0 radical (unpaired) electrons. The van der Waals surface area contributed by atoms with E-state index < -0.39 is 18.1 Å². The number of carbonyl (C=O) groups excluding carboxylic acids is 2. The second-order valence-corrected chi connectivity index (χ2v) is 9.69. The minimum Gasteiger partial charge on any atom is -0.391 e. The van der Waals surface area contributed by atoms with E-state index >= 15 is 0 Å². The van der Waals surface area contributed by atoms with Crippen LogP contribution in [-0.2, 0) is 9.59 Å². The third kappa shape index (κ3) is 11.3. The smallest absolute Gasteiger partial charge is 0.246 e. The minimum absolute atomic E-state index is 0.347. The van der Waals surface area contributed by atoms with Crippen molar-refractivity contribution in [3.8, 4) is 17.9 Å². The highest BCUT2D eigenvalue weighted by molar-refractivity contribution is 5.93. The lowest BCUT2D eigenvalue weighted by atomic mass is 10.1. The van der Waals surface area contributed by atoms with E-state index in [0.29, 0.717) is 48.8 Å². The third-order valence-electron chi connectivity index (χ3n) is 5.82. The van der Waals surface area contributed by atoms with Gasteiger partial charge < -0.3 is 30.9 Å². The molecular weight excluding hydrogens is 520 g/mol. The molecule has 41 heavy (non-hydrogen) atoms. The van der Waals surface area contributed by atoms with Crippen LogP contribution in [0.25, 0.3) is 0 Å². The lowest BCUT2D eigenvalue weighted by molar-refractivity contribution is -0.139. The van der Waals surface area contributed by atoms with Crippen LogP contribution in [0.3, 0.4) is 0 Å². The molecule has 1 heterocycles. The zero-order chi connectivity index (χ0) is 30.2. The van der Waals surface area contributed by atoms with Crippen LogP contribution >= 0.6 is 0 Å². The van der Waals surface area contributed by atoms with Gasteiger partial charge in [0.1, 0.15) is 11.9 Å². The Bertz CT molecular complexity index is 1270. The first-order valence-electron chi connectivity index (χ1n) is 13.6. The van der Waals surface area contributed by atoms with E-state index in [9.17, 15) is 14.7 Å². The maximum absolute atomic E-state index is 12.7. The maximum atomic E-state index is 12.7. The number of unbranched alkanes of at least 4 members (excludes halogenated alkanes) is 1. The molecule has 218 valence electrons. The summed E-state index contributed by atoms with van der Waals surface area (Å²) in [5.74, 6) is 6.45. The molecule has 2 aromatic rings. The fraction of sp³-hybridized carbons (Fsp3) is 0.433. The highest BCUT2D eigenvalue weighted by Gasteiger charge is 2.29. The summed E-state index contributed by atoms with van der Waals surface area (Å²) in [5, 5.41) is 28.3. The van der Waals surface area contributed by atoms with Gasteiger partial charge in [-0.05, 0) is 58.1 Å². The van der Waals surface area contributed by atoms with Gasteiger partial charge in [-0.2, -0.15) is 10.2 Å². The average Bonchev–Trinajstić information content (AvgIpc) is 2.94. The fourth-order valence-electron chi connectivity index (χ4n) is 3.66. The van der Waals surface area contributed by atoms with Gasteiger partial charge in [-0.3, -0.25) is 9.59 Å². The number of rotatable bonds is 14. The van der Waals surface area contributed by atoms with Crippen LogP contribution < -0.4 is 16.0 Å². The Balaban J connectivity index is 1.94. The number of aromatic nitrogens is 2. The molecule has 0 saturated heterocycles. The lowest BCUT2D eigenvalue weighted by Crippen LogP contribution is -2.53. The minimum atomic E-state index is -1.03. The molecule has 0 aliphatic carbocycles. The van der Waals surface area contributed by atoms with E-state index in [1.165, 1.54) is 24.9 Å². The van der Waals surface area contributed by atoms with E-state index in [1.807, 2.05) is 19.0 Å². The van der Waals surface area contributed by atoms with Crippen LogP contribution in [0.1, 0.15) is 44.2 Å². The highest BCUT2D eigenvalue weighted by atomic mass is 16.3. The van der Waals surface area contributed by atoms with Gasteiger partial charge >= 0.3 is 0 Å². The van der Waals surface area contributed by atoms with Gasteiger partial charge in [0.2, 0.25) is 17.8 Å². The molecule has 0 spiro atoms. The quantitative estimate of drug-likeness (QED) is 0.155. The SMILES string of the molecule is CCCNc1nc(Nc2ccc(C#N)cc2)ncc1C#CCCCNC(=O)[C@H]([C@@H](C)O)N(C)C(=O)/C=C/CN(C)C. The van der Waals surface area contributed by atoms with Gasteiger partial charge in [-0.25, -0.2) is 4.98 Å². The van der Waals surface area contributed by atoms with Gasteiger partial charge in [0.25, 0.3) is 0 Å². The van der Waals surface area contributed by atoms with Crippen molar-refractivity contribution in [3.05, 3.63) is 53.7 Å². The van der Waals surface area contributed by atoms with Gasteiger partial charge in [-0.15, -0.1) is 0 Å². The second-order valence-electron chi connectivity index (χ2n) is 9.69. The average molecular weight is 561 g/mol. The molecule has 1 aromatic carbocycles. The van der Waals surface area contributed by atoms with Crippen molar-refractivity contribution in [1.29, 1.82) is 5.26 Å². The van der Waals surface area contributed by atoms with Gasteiger partial charge in [0.15, 0.2) is 0 Å². The number of nitriles is 1. The first-order valence-corrected chi connectivity index (χ1v) is 13.6. The van der Waals surface area contributed by atoms with E-state index in [4.69, 9.17) is 5.26 Å². The molecule has 0 saturated carbocycles. The van der Waals surface area contributed by atoms with Crippen molar-refractivity contribution in [1.82, 2.24) is 25.1 Å². The Morgan fingerprint density at radius 1 is 1.17 bits per heavy atom. The molecule has 11 heteroatoms. The molecule has 0 unspecified atom stereocenters. The number of likely N-dealkylation sites (N-methyl/N-ethyl adjacent to an activating group) is 2. The van der Waals surface area contributed by atoms with Crippen molar-refractivity contribution >= 4 is 29.3 Å². The number of aliphatic hydroxyl groups excluding tert-OH is 1. The number of carbonyl (C=O) groups is 2. The summed E-state index contributed by atoms with van der Waals surface area (Å²) in [5.41, 5.74) is 1.99. The van der Waals surface area contributed by atoms with Crippen LogP contribution in [0.15, 0.2) is 42.6 Å². The van der Waals surface area contributed by atoms with Crippen molar-refractivity contribution < 1.29 is 14.7 Å². The van der Waals surface area contributed by atoms with E-state index in [2.05, 4.69) is 50.8 Å². The molecule has 2 rings (SSSR count). The molecule has 0 bridgehead atoms. The summed E-state index contributed by atoms with van der Waals surface area (Å²) in [6.45, 7) is 5.21. The molecule has 4 N–H and O–H groups in total. The predicted octanol–water partition coefficient (Wildman–Crippen LogP) is 2.49. The number of nitrogens with zero attached hydrogens (tertiary/aromatic N) is 5. The Hall–Kier alpha value is -4.45. The molecular formula is C30H40N8O3. The predicted molar refractivity (Wildman–Crippen MR) is 160 cm³/mol. The molecule has 2 amide bonds. The van der Waals surface area contributed by atoms with Gasteiger partial charge in [0, 0.05) is 44.9 Å². The molecule has 2 atom stereocenters. The highest BCUT2D eigenvalue weighted by Crippen LogP contribution is 2.18. The number of benzene rings is 1. The molecule has 11 nitrogen and oxygen atoms in total. The maximum Gasteiger partial charge on any atom is 0.246 e. The van der Waals surface area contributed by atoms with Crippen molar-refractivity contribution in [2.24, 2.45) is 0 Å². The van der Waals surface area contributed by atoms with E-state index in [1.54, 1.807) is 36.5 Å².